The molecule has 2 amide bonds. The van der Waals surface area contributed by atoms with Gasteiger partial charge in [-0.2, -0.15) is 0 Å². The van der Waals surface area contributed by atoms with Gasteiger partial charge in [0.05, 0.1) is 6.10 Å². The molecule has 2 aliphatic rings. The number of nitrogens with zero attached hydrogens (tertiary/aromatic N) is 3. The molecule has 0 radical (unpaired) electrons. The number of carbonyl (C=O) groups excluding carboxylic acids is 1. The summed E-state index contributed by atoms with van der Waals surface area (Å²) < 4.78 is 5.56. The van der Waals surface area contributed by atoms with Crippen LogP contribution >= 0.6 is 0 Å². The van der Waals surface area contributed by atoms with E-state index in [0.717, 1.165) is 43.8 Å². The smallest absolute Gasteiger partial charge is 0.317 e. The quantitative estimate of drug-likeness (QED) is 0.896. The standard InChI is InChI=1S/C17H26N4O2/c1-12-14-6-3-7-15(14)20-16(19-12)8-9-18-17(22)21(2)11-13-5-4-10-23-13/h13H,3-11H2,1-2H3,(H,18,22)/t13-/m0/s1. The van der Waals surface area contributed by atoms with Crippen LogP contribution in [-0.2, 0) is 24.0 Å². The van der Waals surface area contributed by atoms with Crippen LogP contribution in [0.4, 0.5) is 4.79 Å². The number of rotatable bonds is 5. The average molecular weight is 318 g/mol. The van der Waals surface area contributed by atoms with Gasteiger partial charge in [0.25, 0.3) is 0 Å². The Labute approximate surface area is 137 Å². The Morgan fingerprint density at radius 3 is 3.00 bits per heavy atom. The third-order valence-corrected chi connectivity index (χ3v) is 4.66. The molecule has 1 N–H and O–H groups in total. The van der Waals surface area contributed by atoms with Crippen LogP contribution in [0.15, 0.2) is 0 Å². The van der Waals surface area contributed by atoms with E-state index in [1.165, 1.54) is 17.7 Å². The van der Waals surface area contributed by atoms with Gasteiger partial charge in [-0.05, 0) is 44.6 Å². The van der Waals surface area contributed by atoms with Gasteiger partial charge < -0.3 is 15.0 Å². The topological polar surface area (TPSA) is 67.4 Å². The summed E-state index contributed by atoms with van der Waals surface area (Å²) in [5, 5.41) is 2.94. The van der Waals surface area contributed by atoms with Crippen molar-refractivity contribution >= 4 is 6.03 Å². The first-order valence-corrected chi connectivity index (χ1v) is 8.59. The number of nitrogens with one attached hydrogen (secondary N) is 1. The summed E-state index contributed by atoms with van der Waals surface area (Å²) in [7, 11) is 1.81. The number of urea groups is 1. The molecule has 1 aliphatic carbocycles. The molecule has 23 heavy (non-hydrogen) atoms. The fourth-order valence-corrected chi connectivity index (χ4v) is 3.39. The van der Waals surface area contributed by atoms with Gasteiger partial charge in [0.2, 0.25) is 0 Å². The highest BCUT2D eigenvalue weighted by atomic mass is 16.5. The molecule has 1 saturated heterocycles. The molecular formula is C17H26N4O2. The number of hydrogen-bond donors (Lipinski definition) is 1. The minimum absolute atomic E-state index is 0.0571. The predicted molar refractivity (Wildman–Crippen MR) is 87.5 cm³/mol. The van der Waals surface area contributed by atoms with Crippen LogP contribution in [0.3, 0.4) is 0 Å². The molecule has 0 aromatic carbocycles. The average Bonchev–Trinajstić information content (AvgIpc) is 3.18. The van der Waals surface area contributed by atoms with E-state index in [9.17, 15) is 4.79 Å². The summed E-state index contributed by atoms with van der Waals surface area (Å²) in [5.74, 6) is 0.838. The van der Waals surface area contributed by atoms with E-state index in [4.69, 9.17) is 4.74 Å². The summed E-state index contributed by atoms with van der Waals surface area (Å²) in [6.07, 6.45) is 6.34. The molecule has 0 bridgehead atoms. The first-order chi connectivity index (χ1) is 11.1. The molecule has 1 aliphatic heterocycles. The van der Waals surface area contributed by atoms with Gasteiger partial charge in [-0.1, -0.05) is 0 Å². The predicted octanol–water partition coefficient (Wildman–Crippen LogP) is 1.64. The Balaban J connectivity index is 1.45. The maximum atomic E-state index is 12.1. The third kappa shape index (κ3) is 3.99. The number of ether oxygens (including phenoxy) is 1. The van der Waals surface area contributed by atoms with E-state index in [0.29, 0.717) is 19.5 Å². The lowest BCUT2D eigenvalue weighted by atomic mass is 10.2. The number of fused-ring (bicyclic) bond motifs is 1. The maximum Gasteiger partial charge on any atom is 0.317 e. The van der Waals surface area contributed by atoms with Crippen molar-refractivity contribution in [3.8, 4) is 0 Å². The Bertz CT molecular complexity index is 570. The zero-order valence-corrected chi connectivity index (χ0v) is 14.1. The van der Waals surface area contributed by atoms with Crippen molar-refractivity contribution in [2.75, 3.05) is 26.7 Å². The maximum absolute atomic E-state index is 12.1. The van der Waals surface area contributed by atoms with Crippen molar-refractivity contribution in [3.63, 3.8) is 0 Å². The highest BCUT2D eigenvalue weighted by molar-refractivity contribution is 5.73. The van der Waals surface area contributed by atoms with Gasteiger partial charge in [0.15, 0.2) is 0 Å². The Kier molecular flexibility index (Phi) is 5.10. The summed E-state index contributed by atoms with van der Waals surface area (Å²) >= 11 is 0. The van der Waals surface area contributed by atoms with Crippen LogP contribution in [0, 0.1) is 6.92 Å². The lowest BCUT2D eigenvalue weighted by Crippen LogP contribution is -2.41. The molecule has 6 heteroatoms. The summed E-state index contributed by atoms with van der Waals surface area (Å²) in [6, 6.07) is -0.0571. The van der Waals surface area contributed by atoms with E-state index < -0.39 is 0 Å². The van der Waals surface area contributed by atoms with Gasteiger partial charge in [-0.25, -0.2) is 14.8 Å². The number of likely N-dealkylation sites (N-methyl/N-ethyl adjacent to an activating group) is 1. The SMILES string of the molecule is Cc1nc(CCNC(=O)N(C)C[C@@H]2CCCO2)nc2c1CCC2. The summed E-state index contributed by atoms with van der Waals surface area (Å²) in [4.78, 5) is 23.0. The molecule has 2 heterocycles. The van der Waals surface area contributed by atoms with Crippen LogP contribution in [0.25, 0.3) is 0 Å². The molecule has 0 spiro atoms. The van der Waals surface area contributed by atoms with Crippen molar-refractivity contribution < 1.29 is 9.53 Å². The number of carbonyl (C=O) groups is 1. The lowest BCUT2D eigenvalue weighted by molar-refractivity contribution is 0.0875. The Morgan fingerprint density at radius 2 is 2.22 bits per heavy atom. The van der Waals surface area contributed by atoms with E-state index in [1.807, 2.05) is 7.05 Å². The molecule has 1 aromatic rings. The van der Waals surface area contributed by atoms with E-state index in [2.05, 4.69) is 22.2 Å². The van der Waals surface area contributed by atoms with Gasteiger partial charge >= 0.3 is 6.03 Å². The monoisotopic (exact) mass is 318 g/mol. The molecular weight excluding hydrogens is 292 g/mol. The fourth-order valence-electron chi connectivity index (χ4n) is 3.39. The van der Waals surface area contributed by atoms with Crippen molar-refractivity contribution in [2.45, 2.75) is 51.6 Å². The minimum atomic E-state index is -0.0571. The minimum Gasteiger partial charge on any atom is -0.376 e. The normalized spacial score (nSPS) is 19.7. The van der Waals surface area contributed by atoms with Gasteiger partial charge in [-0.3, -0.25) is 0 Å². The van der Waals surface area contributed by atoms with Crippen LogP contribution < -0.4 is 5.32 Å². The van der Waals surface area contributed by atoms with Crippen LogP contribution in [-0.4, -0.2) is 53.7 Å². The molecule has 0 saturated carbocycles. The van der Waals surface area contributed by atoms with Crippen LogP contribution in [0.2, 0.25) is 0 Å². The Hall–Kier alpha value is -1.69. The number of hydrogen-bond acceptors (Lipinski definition) is 4. The molecule has 1 atom stereocenters. The molecule has 6 nitrogen and oxygen atoms in total. The summed E-state index contributed by atoms with van der Waals surface area (Å²) in [5.41, 5.74) is 3.63. The van der Waals surface area contributed by atoms with E-state index >= 15 is 0 Å². The summed E-state index contributed by atoms with van der Waals surface area (Å²) in [6.45, 7) is 4.09. The number of amides is 2. The molecule has 126 valence electrons. The second kappa shape index (κ2) is 7.25. The number of aryl methyl sites for hydroxylation is 2. The van der Waals surface area contributed by atoms with Crippen LogP contribution in [0.1, 0.15) is 42.0 Å². The second-order valence-corrected chi connectivity index (χ2v) is 6.50. The Morgan fingerprint density at radius 1 is 1.35 bits per heavy atom. The van der Waals surface area contributed by atoms with Crippen LogP contribution in [0.5, 0.6) is 0 Å². The fraction of sp³-hybridized carbons (Fsp3) is 0.706. The highest BCUT2D eigenvalue weighted by Gasteiger charge is 2.20. The third-order valence-electron chi connectivity index (χ3n) is 4.66. The molecule has 3 rings (SSSR count). The van der Waals surface area contributed by atoms with Gasteiger partial charge in [-0.15, -0.1) is 0 Å². The van der Waals surface area contributed by atoms with Gasteiger partial charge in [0, 0.05) is 44.6 Å². The molecule has 0 unspecified atom stereocenters. The first-order valence-electron chi connectivity index (χ1n) is 8.59. The van der Waals surface area contributed by atoms with Crippen molar-refractivity contribution in [3.05, 3.63) is 22.8 Å². The molecule has 1 aromatic heterocycles. The lowest BCUT2D eigenvalue weighted by Gasteiger charge is -2.21. The van der Waals surface area contributed by atoms with E-state index in [-0.39, 0.29) is 12.1 Å². The zero-order chi connectivity index (χ0) is 16.2. The number of aromatic nitrogens is 2. The van der Waals surface area contributed by atoms with E-state index in [1.54, 1.807) is 4.90 Å². The zero-order valence-electron chi connectivity index (χ0n) is 14.1. The highest BCUT2D eigenvalue weighted by Crippen LogP contribution is 2.22. The molecule has 1 fully saturated rings. The van der Waals surface area contributed by atoms with Crippen molar-refractivity contribution in [2.24, 2.45) is 0 Å². The largest absolute Gasteiger partial charge is 0.376 e. The first kappa shape index (κ1) is 16.2. The van der Waals surface area contributed by atoms with Crippen molar-refractivity contribution in [1.29, 1.82) is 0 Å². The van der Waals surface area contributed by atoms with Crippen molar-refractivity contribution in [1.82, 2.24) is 20.2 Å². The second-order valence-electron chi connectivity index (χ2n) is 6.50. The van der Waals surface area contributed by atoms with Gasteiger partial charge in [0.1, 0.15) is 5.82 Å².